The molecule has 8 nitrogen and oxygen atoms in total. The van der Waals surface area contributed by atoms with Crippen molar-refractivity contribution in [2.45, 2.75) is 97.0 Å². The van der Waals surface area contributed by atoms with Crippen LogP contribution in [0.5, 0.6) is 0 Å². The number of rotatable bonds is 10. The normalized spacial score (nSPS) is 37.2. The molecule has 1 aliphatic carbocycles. The van der Waals surface area contributed by atoms with Crippen molar-refractivity contribution >= 4 is 7.82 Å². The van der Waals surface area contributed by atoms with Crippen LogP contribution < -0.4 is 5.73 Å². The highest BCUT2D eigenvalue weighted by molar-refractivity contribution is 7.47. The molecular weight excluding hydrogens is 397 g/mol. The van der Waals surface area contributed by atoms with Crippen molar-refractivity contribution in [1.29, 1.82) is 0 Å². The zero-order valence-electron chi connectivity index (χ0n) is 18.4. The van der Waals surface area contributed by atoms with Gasteiger partial charge in [0.05, 0.1) is 37.1 Å². The minimum Gasteiger partial charge on any atom is -0.406 e. The summed E-state index contributed by atoms with van der Waals surface area (Å²) in [5.74, 6) is -0.00697. The van der Waals surface area contributed by atoms with E-state index in [1.54, 1.807) is 0 Å². The maximum atomic E-state index is 12.7. The van der Waals surface area contributed by atoms with Crippen LogP contribution in [0.1, 0.15) is 54.4 Å². The van der Waals surface area contributed by atoms with Gasteiger partial charge in [0.15, 0.2) is 0 Å². The van der Waals surface area contributed by atoms with Crippen molar-refractivity contribution in [3.8, 4) is 0 Å². The first kappa shape index (κ1) is 24.8. The molecule has 0 aromatic carbocycles. The Hall–Kier alpha value is -0.470. The van der Waals surface area contributed by atoms with Gasteiger partial charge in [0.1, 0.15) is 11.9 Å². The summed E-state index contributed by atoms with van der Waals surface area (Å²) >= 11 is 0. The molecule has 9 heteroatoms. The van der Waals surface area contributed by atoms with Crippen LogP contribution in [0.15, 0.2) is 12.3 Å². The molecule has 2 fully saturated rings. The Bertz CT molecular complexity index is 599. The summed E-state index contributed by atoms with van der Waals surface area (Å²) in [7, 11) is -4.41. The summed E-state index contributed by atoms with van der Waals surface area (Å²) in [6, 6.07) is -0.176. The fourth-order valence-corrected chi connectivity index (χ4v) is 5.04. The van der Waals surface area contributed by atoms with E-state index in [0.29, 0.717) is 19.4 Å². The zero-order valence-corrected chi connectivity index (χ0v) is 19.3. The average molecular weight is 435 g/mol. The molecule has 1 aliphatic heterocycles. The zero-order chi connectivity index (χ0) is 21.9. The van der Waals surface area contributed by atoms with E-state index in [-0.39, 0.29) is 48.1 Å². The SMILES string of the molecule is C=C(OP(=O)(O)OC1CC(C)C(N)C1COC(C)C)C1OC(C)CC1OC(C)C. The Labute approximate surface area is 174 Å². The number of hydrogen-bond donors (Lipinski definition) is 2. The molecule has 29 heavy (non-hydrogen) atoms. The molecule has 0 spiro atoms. The number of hydrogen-bond acceptors (Lipinski definition) is 7. The van der Waals surface area contributed by atoms with Crippen LogP contribution >= 0.6 is 7.82 Å². The molecule has 8 atom stereocenters. The lowest BCUT2D eigenvalue weighted by Crippen LogP contribution is -2.37. The smallest absolute Gasteiger partial charge is 0.406 e. The molecule has 2 aliphatic rings. The second-order valence-corrected chi connectivity index (χ2v) is 10.2. The van der Waals surface area contributed by atoms with Gasteiger partial charge in [-0.1, -0.05) is 13.5 Å². The fraction of sp³-hybridized carbons (Fsp3) is 0.900. The van der Waals surface area contributed by atoms with E-state index in [4.69, 9.17) is 29.0 Å². The Kier molecular flexibility index (Phi) is 8.74. The first-order chi connectivity index (χ1) is 13.4. The number of phosphoric acid groups is 1. The van der Waals surface area contributed by atoms with Gasteiger partial charge < -0.3 is 24.5 Å². The minimum atomic E-state index is -4.41. The Balaban J connectivity index is 2.00. The monoisotopic (exact) mass is 435 g/mol. The summed E-state index contributed by atoms with van der Waals surface area (Å²) < 4.78 is 40.9. The fourth-order valence-electron chi connectivity index (χ4n) is 4.01. The van der Waals surface area contributed by atoms with Gasteiger partial charge in [-0.15, -0.1) is 0 Å². The summed E-state index contributed by atoms with van der Waals surface area (Å²) in [5, 5.41) is 0. The number of ether oxygens (including phenoxy) is 3. The van der Waals surface area contributed by atoms with Crippen LogP contribution in [0.2, 0.25) is 0 Å². The second-order valence-electron chi connectivity index (χ2n) is 8.83. The third-order valence-electron chi connectivity index (χ3n) is 5.40. The first-order valence-corrected chi connectivity index (χ1v) is 12.0. The third kappa shape index (κ3) is 7.03. The van der Waals surface area contributed by atoms with Crippen LogP contribution in [-0.2, 0) is 27.8 Å². The van der Waals surface area contributed by atoms with Crippen LogP contribution in [0, 0.1) is 11.8 Å². The van der Waals surface area contributed by atoms with E-state index in [9.17, 15) is 9.46 Å². The quantitative estimate of drug-likeness (QED) is 0.397. The molecule has 3 N–H and O–H groups in total. The van der Waals surface area contributed by atoms with Gasteiger partial charge in [0.25, 0.3) is 0 Å². The molecule has 0 amide bonds. The number of nitrogens with two attached hydrogens (primary N) is 1. The first-order valence-electron chi connectivity index (χ1n) is 10.5. The van der Waals surface area contributed by atoms with Crippen molar-refractivity contribution in [3.63, 3.8) is 0 Å². The Morgan fingerprint density at radius 3 is 2.45 bits per heavy atom. The summed E-state index contributed by atoms with van der Waals surface area (Å²) in [4.78, 5) is 10.4. The molecule has 2 rings (SSSR count). The third-order valence-corrected chi connectivity index (χ3v) is 6.40. The predicted molar refractivity (Wildman–Crippen MR) is 110 cm³/mol. The summed E-state index contributed by atoms with van der Waals surface area (Å²) in [5.41, 5.74) is 6.27. The molecule has 8 unspecified atom stereocenters. The van der Waals surface area contributed by atoms with Crippen LogP contribution in [0.3, 0.4) is 0 Å². The van der Waals surface area contributed by atoms with E-state index < -0.39 is 20.0 Å². The van der Waals surface area contributed by atoms with E-state index in [0.717, 1.165) is 0 Å². The predicted octanol–water partition coefficient (Wildman–Crippen LogP) is 3.38. The van der Waals surface area contributed by atoms with Crippen LogP contribution in [0.25, 0.3) is 0 Å². The molecule has 0 bridgehead atoms. The molecule has 170 valence electrons. The van der Waals surface area contributed by atoms with E-state index in [1.807, 2.05) is 41.5 Å². The van der Waals surface area contributed by atoms with Gasteiger partial charge in [-0.3, -0.25) is 9.42 Å². The van der Waals surface area contributed by atoms with Gasteiger partial charge in [-0.25, -0.2) is 4.57 Å². The van der Waals surface area contributed by atoms with E-state index >= 15 is 0 Å². The molecule has 0 aromatic heterocycles. The molecule has 1 saturated carbocycles. The lowest BCUT2D eigenvalue weighted by molar-refractivity contribution is -0.0437. The van der Waals surface area contributed by atoms with Crippen molar-refractivity contribution in [1.82, 2.24) is 0 Å². The van der Waals surface area contributed by atoms with Gasteiger partial charge in [0.2, 0.25) is 0 Å². The van der Waals surface area contributed by atoms with Crippen LogP contribution in [0.4, 0.5) is 0 Å². The highest BCUT2D eigenvalue weighted by atomic mass is 31.2. The van der Waals surface area contributed by atoms with Crippen molar-refractivity contribution < 1.29 is 32.7 Å². The molecule has 1 saturated heterocycles. The van der Waals surface area contributed by atoms with Gasteiger partial charge in [-0.05, 0) is 47.0 Å². The Morgan fingerprint density at radius 2 is 1.86 bits per heavy atom. The minimum absolute atomic E-state index is 0.00967. The maximum Gasteiger partial charge on any atom is 0.527 e. The highest BCUT2D eigenvalue weighted by Crippen LogP contribution is 2.51. The Morgan fingerprint density at radius 1 is 1.21 bits per heavy atom. The summed E-state index contributed by atoms with van der Waals surface area (Å²) in [6.07, 6.45) is -0.261. The largest absolute Gasteiger partial charge is 0.527 e. The topological polar surface area (TPSA) is 109 Å². The van der Waals surface area contributed by atoms with Crippen LogP contribution in [-0.4, -0.2) is 54.2 Å². The van der Waals surface area contributed by atoms with Gasteiger partial charge in [0, 0.05) is 18.4 Å². The number of phosphoric ester groups is 1. The molecule has 0 aromatic rings. The lowest BCUT2D eigenvalue weighted by atomic mass is 10.0. The summed E-state index contributed by atoms with van der Waals surface area (Å²) in [6.45, 7) is 15.8. The molecule has 1 heterocycles. The molecule has 0 radical (unpaired) electrons. The van der Waals surface area contributed by atoms with E-state index in [1.165, 1.54) is 0 Å². The van der Waals surface area contributed by atoms with Crippen molar-refractivity contribution in [3.05, 3.63) is 12.3 Å². The van der Waals surface area contributed by atoms with Crippen molar-refractivity contribution in [2.75, 3.05) is 6.61 Å². The van der Waals surface area contributed by atoms with E-state index in [2.05, 4.69) is 6.58 Å². The highest BCUT2D eigenvalue weighted by Gasteiger charge is 2.45. The maximum absolute atomic E-state index is 12.7. The van der Waals surface area contributed by atoms with Gasteiger partial charge in [-0.2, -0.15) is 0 Å². The molecular formula is C20H38NO7P. The standard InChI is InChI=1S/C20H38NO7P/c1-11(2)24-10-16-17(8-13(5)19(16)21)28-29(22,23)27-15(7)20-18(25-12(3)4)9-14(6)26-20/h11-14,16-20H,7-10,21H2,1-6H3,(H,22,23). The van der Waals surface area contributed by atoms with Gasteiger partial charge >= 0.3 is 7.82 Å². The second kappa shape index (κ2) is 10.2. The lowest BCUT2D eigenvalue weighted by Gasteiger charge is -2.27. The van der Waals surface area contributed by atoms with Crippen molar-refractivity contribution in [2.24, 2.45) is 17.6 Å². The average Bonchev–Trinajstić information content (AvgIpc) is 3.04.